The topological polar surface area (TPSA) is 83.6 Å². The van der Waals surface area contributed by atoms with Crippen molar-refractivity contribution in [3.05, 3.63) is 89.7 Å². The molecule has 7 heteroatoms. The number of carbonyl (C=O) groups excluding carboxylic acids is 2. The van der Waals surface area contributed by atoms with Crippen molar-refractivity contribution in [2.45, 2.75) is 25.9 Å². The molecule has 2 amide bonds. The Labute approximate surface area is 200 Å². The van der Waals surface area contributed by atoms with Crippen molar-refractivity contribution in [1.82, 2.24) is 15.2 Å². The van der Waals surface area contributed by atoms with Gasteiger partial charge in [0.15, 0.2) is 0 Å². The largest absolute Gasteiger partial charge is 0.497 e. The van der Waals surface area contributed by atoms with Gasteiger partial charge in [-0.2, -0.15) is 0 Å². The van der Waals surface area contributed by atoms with E-state index < -0.39 is 0 Å². The summed E-state index contributed by atoms with van der Waals surface area (Å²) in [5, 5.41) is 5.89. The van der Waals surface area contributed by atoms with Gasteiger partial charge < -0.3 is 15.4 Å². The molecule has 0 aliphatic carbocycles. The Morgan fingerprint density at radius 2 is 1.82 bits per heavy atom. The monoisotopic (exact) mass is 458 g/mol. The van der Waals surface area contributed by atoms with Crippen LogP contribution in [0.1, 0.15) is 34.3 Å². The van der Waals surface area contributed by atoms with Gasteiger partial charge in [-0.15, -0.1) is 0 Å². The van der Waals surface area contributed by atoms with Crippen molar-refractivity contribution in [3.63, 3.8) is 0 Å². The van der Waals surface area contributed by atoms with Crippen LogP contribution in [0, 0.1) is 5.92 Å². The molecule has 0 atom stereocenters. The van der Waals surface area contributed by atoms with E-state index in [-0.39, 0.29) is 17.7 Å². The molecule has 0 spiro atoms. The highest BCUT2D eigenvalue weighted by Gasteiger charge is 2.26. The van der Waals surface area contributed by atoms with Crippen molar-refractivity contribution < 1.29 is 14.3 Å². The second-order valence-electron chi connectivity index (χ2n) is 8.48. The summed E-state index contributed by atoms with van der Waals surface area (Å²) in [7, 11) is 1.67. The molecule has 3 aromatic rings. The van der Waals surface area contributed by atoms with Crippen molar-refractivity contribution >= 4 is 17.5 Å². The van der Waals surface area contributed by atoms with Crippen molar-refractivity contribution in [1.29, 1.82) is 0 Å². The average Bonchev–Trinajstić information content (AvgIpc) is 2.88. The van der Waals surface area contributed by atoms with Crippen LogP contribution in [0.25, 0.3) is 0 Å². The minimum Gasteiger partial charge on any atom is -0.497 e. The van der Waals surface area contributed by atoms with E-state index in [2.05, 4.69) is 32.7 Å². The van der Waals surface area contributed by atoms with E-state index in [1.165, 1.54) is 5.56 Å². The number of carbonyl (C=O) groups is 2. The number of hydrogen-bond acceptors (Lipinski definition) is 5. The number of pyridine rings is 1. The van der Waals surface area contributed by atoms with Crippen LogP contribution in [0.2, 0.25) is 0 Å². The maximum absolute atomic E-state index is 13.0. The lowest BCUT2D eigenvalue weighted by atomic mass is 9.95. The third-order valence-corrected chi connectivity index (χ3v) is 6.10. The number of hydrogen-bond donors (Lipinski definition) is 2. The zero-order chi connectivity index (χ0) is 23.8. The van der Waals surface area contributed by atoms with Gasteiger partial charge in [0, 0.05) is 31.4 Å². The number of nitrogens with one attached hydrogen (secondary N) is 2. The summed E-state index contributed by atoms with van der Waals surface area (Å²) in [6.07, 6.45) is 4.98. The number of piperidine rings is 1. The number of amides is 2. The molecule has 2 aromatic carbocycles. The molecule has 1 aliphatic heterocycles. The summed E-state index contributed by atoms with van der Waals surface area (Å²) in [6, 6.07) is 18.9. The summed E-state index contributed by atoms with van der Waals surface area (Å²) in [6.45, 7) is 2.91. The highest BCUT2D eigenvalue weighted by molar-refractivity contribution is 6.04. The Kier molecular flexibility index (Phi) is 7.88. The van der Waals surface area contributed by atoms with Gasteiger partial charge in [0.25, 0.3) is 5.91 Å². The molecule has 1 aliphatic rings. The number of likely N-dealkylation sites (tertiary alicyclic amines) is 1. The lowest BCUT2D eigenvalue weighted by Crippen LogP contribution is -2.38. The average molecular weight is 459 g/mol. The second kappa shape index (κ2) is 11.4. The van der Waals surface area contributed by atoms with Gasteiger partial charge in [-0.3, -0.25) is 19.5 Å². The fraction of sp³-hybridized carbons (Fsp3) is 0.296. The lowest BCUT2D eigenvalue weighted by molar-refractivity contribution is -0.121. The van der Waals surface area contributed by atoms with E-state index in [0.29, 0.717) is 17.8 Å². The van der Waals surface area contributed by atoms with Crippen LogP contribution in [0.4, 0.5) is 5.69 Å². The van der Waals surface area contributed by atoms with Crippen molar-refractivity contribution in [2.24, 2.45) is 5.92 Å². The third-order valence-electron chi connectivity index (χ3n) is 6.10. The number of rotatable bonds is 8. The van der Waals surface area contributed by atoms with E-state index >= 15 is 0 Å². The van der Waals surface area contributed by atoms with Crippen LogP contribution in [-0.4, -0.2) is 41.9 Å². The molecule has 0 radical (unpaired) electrons. The Morgan fingerprint density at radius 3 is 2.59 bits per heavy atom. The molecule has 34 heavy (non-hydrogen) atoms. The molecule has 176 valence electrons. The maximum Gasteiger partial charge on any atom is 0.253 e. The first-order chi connectivity index (χ1) is 16.6. The molecule has 2 heterocycles. The van der Waals surface area contributed by atoms with Crippen LogP contribution < -0.4 is 15.4 Å². The molecule has 1 fully saturated rings. The standard InChI is InChI=1S/C27H30N4O3/c1-34-23-8-4-6-20(16-23)19-31-14-11-22(12-15-31)26(32)30-25-10-3-2-9-24(25)27(33)29-18-21-7-5-13-28-17-21/h2-10,13,16-17,22H,11-12,14-15,18-19H2,1H3,(H,29,33)(H,30,32). The van der Waals surface area contributed by atoms with Gasteiger partial charge in [0.05, 0.1) is 18.4 Å². The Bertz CT molecular complexity index is 1110. The molecule has 2 N–H and O–H groups in total. The summed E-state index contributed by atoms with van der Waals surface area (Å²) in [4.78, 5) is 32.2. The fourth-order valence-corrected chi connectivity index (χ4v) is 4.19. The minimum absolute atomic E-state index is 0.0338. The molecule has 4 rings (SSSR count). The molecule has 0 saturated carbocycles. The van der Waals surface area contributed by atoms with Crippen LogP contribution >= 0.6 is 0 Å². The van der Waals surface area contributed by atoms with E-state index in [1.54, 1.807) is 37.7 Å². The highest BCUT2D eigenvalue weighted by Crippen LogP contribution is 2.23. The maximum atomic E-state index is 13.0. The molecule has 1 saturated heterocycles. The first kappa shape index (κ1) is 23.4. The first-order valence-corrected chi connectivity index (χ1v) is 11.5. The van der Waals surface area contributed by atoms with Gasteiger partial charge in [0.1, 0.15) is 5.75 Å². The Hall–Kier alpha value is -3.71. The number of ether oxygens (including phenoxy) is 1. The highest BCUT2D eigenvalue weighted by atomic mass is 16.5. The zero-order valence-electron chi connectivity index (χ0n) is 19.4. The van der Waals surface area contributed by atoms with E-state index in [9.17, 15) is 9.59 Å². The smallest absolute Gasteiger partial charge is 0.253 e. The van der Waals surface area contributed by atoms with Crippen LogP contribution in [0.15, 0.2) is 73.1 Å². The van der Waals surface area contributed by atoms with Crippen molar-refractivity contribution in [2.75, 3.05) is 25.5 Å². The van der Waals surface area contributed by atoms with E-state index in [4.69, 9.17) is 4.74 Å². The fourth-order valence-electron chi connectivity index (χ4n) is 4.19. The Morgan fingerprint density at radius 1 is 1.03 bits per heavy atom. The number of para-hydroxylation sites is 1. The van der Waals surface area contributed by atoms with E-state index in [0.717, 1.165) is 43.8 Å². The Balaban J connectivity index is 1.30. The molecular weight excluding hydrogens is 428 g/mol. The van der Waals surface area contributed by atoms with Crippen molar-refractivity contribution in [3.8, 4) is 5.75 Å². The van der Waals surface area contributed by atoms with Gasteiger partial charge >= 0.3 is 0 Å². The zero-order valence-corrected chi connectivity index (χ0v) is 19.4. The van der Waals surface area contributed by atoms with Gasteiger partial charge in [-0.25, -0.2) is 0 Å². The molecule has 0 bridgehead atoms. The number of benzene rings is 2. The van der Waals surface area contributed by atoms with Gasteiger partial charge in [0.2, 0.25) is 5.91 Å². The number of anilines is 1. The molecule has 0 unspecified atom stereocenters. The lowest BCUT2D eigenvalue weighted by Gasteiger charge is -2.31. The third kappa shape index (κ3) is 6.20. The van der Waals surface area contributed by atoms with Gasteiger partial charge in [-0.1, -0.05) is 30.3 Å². The first-order valence-electron chi connectivity index (χ1n) is 11.5. The van der Waals surface area contributed by atoms with Gasteiger partial charge in [-0.05, 0) is 67.4 Å². The number of methoxy groups -OCH3 is 1. The van der Waals surface area contributed by atoms with Crippen LogP contribution in [0.5, 0.6) is 5.75 Å². The van der Waals surface area contributed by atoms with E-state index in [1.807, 2.05) is 30.3 Å². The molecule has 7 nitrogen and oxygen atoms in total. The normalized spacial score (nSPS) is 14.4. The molecule has 1 aromatic heterocycles. The summed E-state index contributed by atoms with van der Waals surface area (Å²) >= 11 is 0. The SMILES string of the molecule is COc1cccc(CN2CCC(C(=O)Nc3ccccc3C(=O)NCc3cccnc3)CC2)c1. The summed E-state index contributed by atoms with van der Waals surface area (Å²) in [5.41, 5.74) is 3.11. The number of aromatic nitrogens is 1. The second-order valence-corrected chi connectivity index (χ2v) is 8.48. The summed E-state index contributed by atoms with van der Waals surface area (Å²) < 4.78 is 5.31. The minimum atomic E-state index is -0.229. The summed E-state index contributed by atoms with van der Waals surface area (Å²) in [5.74, 6) is 0.518. The van der Waals surface area contributed by atoms with Crippen LogP contribution in [0.3, 0.4) is 0 Å². The predicted octanol–water partition coefficient (Wildman–Crippen LogP) is 3.87. The van der Waals surface area contributed by atoms with Crippen LogP contribution in [-0.2, 0) is 17.9 Å². The predicted molar refractivity (Wildman–Crippen MR) is 131 cm³/mol. The number of nitrogens with zero attached hydrogens (tertiary/aromatic N) is 2. The quantitative estimate of drug-likeness (QED) is 0.535. The molecular formula is C27H30N4O3.